The third-order valence-electron chi connectivity index (χ3n) is 2.83. The van der Waals surface area contributed by atoms with Crippen molar-refractivity contribution in [3.63, 3.8) is 0 Å². The summed E-state index contributed by atoms with van der Waals surface area (Å²) in [5.41, 5.74) is 9.48. The van der Waals surface area contributed by atoms with Gasteiger partial charge in [-0.3, -0.25) is 0 Å². The summed E-state index contributed by atoms with van der Waals surface area (Å²) in [5.74, 6) is 1.07. The van der Waals surface area contributed by atoms with E-state index in [2.05, 4.69) is 54.2 Å². The number of nitrogens with zero attached hydrogens (tertiary/aromatic N) is 2. The zero-order chi connectivity index (χ0) is 14.4. The van der Waals surface area contributed by atoms with E-state index in [1.165, 1.54) is 16.8 Å². The molecule has 0 heterocycles. The van der Waals surface area contributed by atoms with Gasteiger partial charge in [-0.1, -0.05) is 26.0 Å². The summed E-state index contributed by atoms with van der Waals surface area (Å²) in [6, 6.07) is 6.39. The molecule has 4 heteroatoms. The number of anilines is 1. The molecule has 0 unspecified atom stereocenters. The van der Waals surface area contributed by atoms with Crippen molar-refractivity contribution in [2.24, 2.45) is 16.6 Å². The minimum Gasteiger partial charge on any atom is -0.377 e. The predicted octanol–water partition coefficient (Wildman–Crippen LogP) is 2.12. The molecule has 19 heavy (non-hydrogen) atoms. The Kier molecular flexibility index (Phi) is 5.67. The van der Waals surface area contributed by atoms with Crippen LogP contribution in [-0.4, -0.2) is 26.6 Å². The van der Waals surface area contributed by atoms with Crippen molar-refractivity contribution in [1.82, 2.24) is 5.32 Å². The predicted molar refractivity (Wildman–Crippen MR) is 83.7 cm³/mol. The smallest absolute Gasteiger partial charge is 0.188 e. The number of aryl methyl sites for hydroxylation is 1. The highest BCUT2D eigenvalue weighted by Crippen LogP contribution is 2.20. The maximum atomic E-state index is 5.85. The van der Waals surface area contributed by atoms with Gasteiger partial charge in [0.2, 0.25) is 0 Å². The second kappa shape index (κ2) is 7.02. The zero-order valence-corrected chi connectivity index (χ0v) is 12.7. The van der Waals surface area contributed by atoms with Crippen molar-refractivity contribution < 1.29 is 0 Å². The second-order valence-corrected chi connectivity index (χ2v) is 5.50. The fraction of sp³-hybridized carbons (Fsp3) is 0.533. The van der Waals surface area contributed by atoms with E-state index in [1.54, 1.807) is 0 Å². The Balaban J connectivity index is 2.74. The molecule has 1 aromatic carbocycles. The quantitative estimate of drug-likeness (QED) is 0.631. The lowest BCUT2D eigenvalue weighted by atomic mass is 10.1. The van der Waals surface area contributed by atoms with Crippen LogP contribution in [0.3, 0.4) is 0 Å². The van der Waals surface area contributed by atoms with E-state index in [4.69, 9.17) is 5.73 Å². The van der Waals surface area contributed by atoms with Crippen LogP contribution >= 0.6 is 0 Å². The van der Waals surface area contributed by atoms with Crippen LogP contribution in [0.2, 0.25) is 0 Å². The van der Waals surface area contributed by atoms with Crippen LogP contribution in [-0.2, 0) is 6.54 Å². The summed E-state index contributed by atoms with van der Waals surface area (Å²) in [5, 5.41) is 3.13. The molecule has 0 aliphatic carbocycles. The monoisotopic (exact) mass is 262 g/mol. The molecule has 3 N–H and O–H groups in total. The third kappa shape index (κ3) is 5.20. The van der Waals surface area contributed by atoms with Crippen LogP contribution < -0.4 is 16.0 Å². The lowest BCUT2D eigenvalue weighted by Crippen LogP contribution is -2.34. The number of nitrogens with one attached hydrogen (secondary N) is 1. The van der Waals surface area contributed by atoms with E-state index in [0.717, 1.165) is 6.54 Å². The zero-order valence-electron chi connectivity index (χ0n) is 12.7. The number of hydrogen-bond donors (Lipinski definition) is 2. The van der Waals surface area contributed by atoms with Crippen LogP contribution in [0.4, 0.5) is 5.69 Å². The molecule has 0 aliphatic rings. The molecule has 0 aromatic heterocycles. The Hall–Kier alpha value is -1.71. The maximum absolute atomic E-state index is 5.85. The topological polar surface area (TPSA) is 53.6 Å². The molecule has 0 amide bonds. The van der Waals surface area contributed by atoms with Crippen LogP contribution in [0.1, 0.15) is 25.0 Å². The molecule has 0 saturated heterocycles. The first-order valence-electron chi connectivity index (χ1n) is 6.70. The molecule has 1 rings (SSSR count). The molecule has 0 fully saturated rings. The fourth-order valence-electron chi connectivity index (χ4n) is 1.76. The standard InChI is InChI=1S/C15H26N4/c1-11(2)9-17-15(16)18-10-13-7-6-12(3)8-14(13)19(4)5/h6-8,11H,9-10H2,1-5H3,(H3,16,17,18). The highest BCUT2D eigenvalue weighted by molar-refractivity contribution is 5.77. The van der Waals surface area contributed by atoms with E-state index >= 15 is 0 Å². The van der Waals surface area contributed by atoms with Crippen LogP contribution in [0.25, 0.3) is 0 Å². The van der Waals surface area contributed by atoms with Crippen molar-refractivity contribution in [3.05, 3.63) is 29.3 Å². The van der Waals surface area contributed by atoms with E-state index in [1.807, 2.05) is 14.1 Å². The van der Waals surface area contributed by atoms with Crippen molar-refractivity contribution >= 4 is 11.6 Å². The number of benzene rings is 1. The fourth-order valence-corrected chi connectivity index (χ4v) is 1.76. The molecule has 0 aliphatic heterocycles. The Bertz CT molecular complexity index is 436. The SMILES string of the molecule is Cc1ccc(CN=C(N)NCC(C)C)c(N(C)C)c1. The van der Waals surface area contributed by atoms with Gasteiger partial charge in [0.1, 0.15) is 0 Å². The van der Waals surface area contributed by atoms with Gasteiger partial charge < -0.3 is 16.0 Å². The normalized spacial score (nSPS) is 11.8. The van der Waals surface area contributed by atoms with Crippen molar-refractivity contribution in [3.8, 4) is 0 Å². The molecule has 0 atom stereocenters. The average Bonchev–Trinajstić information content (AvgIpc) is 2.34. The highest BCUT2D eigenvalue weighted by Gasteiger charge is 2.04. The highest BCUT2D eigenvalue weighted by atomic mass is 15.1. The van der Waals surface area contributed by atoms with Gasteiger partial charge in [-0.2, -0.15) is 0 Å². The summed E-state index contributed by atoms with van der Waals surface area (Å²) in [4.78, 5) is 6.50. The van der Waals surface area contributed by atoms with Gasteiger partial charge in [-0.05, 0) is 30.0 Å². The number of aliphatic imine (C=N–C) groups is 1. The molecule has 0 radical (unpaired) electrons. The van der Waals surface area contributed by atoms with E-state index < -0.39 is 0 Å². The van der Waals surface area contributed by atoms with Gasteiger partial charge in [-0.25, -0.2) is 4.99 Å². The largest absolute Gasteiger partial charge is 0.377 e. The lowest BCUT2D eigenvalue weighted by molar-refractivity contribution is 0.622. The summed E-state index contributed by atoms with van der Waals surface area (Å²) in [6.45, 7) is 7.84. The van der Waals surface area contributed by atoms with E-state index in [-0.39, 0.29) is 0 Å². The van der Waals surface area contributed by atoms with Crippen LogP contribution in [0, 0.1) is 12.8 Å². The van der Waals surface area contributed by atoms with Gasteiger partial charge in [-0.15, -0.1) is 0 Å². The Morgan fingerprint density at radius 1 is 1.37 bits per heavy atom. The molecule has 4 nitrogen and oxygen atoms in total. The Labute approximate surface area is 116 Å². The molecule has 0 bridgehead atoms. The molecular weight excluding hydrogens is 236 g/mol. The minimum atomic E-state index is 0.513. The van der Waals surface area contributed by atoms with E-state index in [9.17, 15) is 0 Å². The maximum Gasteiger partial charge on any atom is 0.188 e. The van der Waals surface area contributed by atoms with Gasteiger partial charge in [0.15, 0.2) is 5.96 Å². The van der Waals surface area contributed by atoms with Crippen LogP contribution in [0.5, 0.6) is 0 Å². The summed E-state index contributed by atoms with van der Waals surface area (Å²) < 4.78 is 0. The molecule has 0 saturated carbocycles. The van der Waals surface area contributed by atoms with Gasteiger partial charge in [0.25, 0.3) is 0 Å². The minimum absolute atomic E-state index is 0.513. The van der Waals surface area contributed by atoms with Crippen LogP contribution in [0.15, 0.2) is 23.2 Å². The van der Waals surface area contributed by atoms with Crippen molar-refractivity contribution in [2.75, 3.05) is 25.5 Å². The number of guanidine groups is 1. The Morgan fingerprint density at radius 3 is 2.63 bits per heavy atom. The van der Waals surface area contributed by atoms with E-state index in [0.29, 0.717) is 18.4 Å². The van der Waals surface area contributed by atoms with Crippen molar-refractivity contribution in [2.45, 2.75) is 27.3 Å². The Morgan fingerprint density at radius 2 is 2.05 bits per heavy atom. The summed E-state index contributed by atoms with van der Waals surface area (Å²) in [6.07, 6.45) is 0. The molecular formula is C15H26N4. The molecule has 0 spiro atoms. The number of rotatable bonds is 5. The first kappa shape index (κ1) is 15.3. The summed E-state index contributed by atoms with van der Waals surface area (Å²) in [7, 11) is 4.09. The molecule has 106 valence electrons. The lowest BCUT2D eigenvalue weighted by Gasteiger charge is -2.17. The number of nitrogens with two attached hydrogens (primary N) is 1. The van der Waals surface area contributed by atoms with Gasteiger partial charge >= 0.3 is 0 Å². The first-order valence-corrected chi connectivity index (χ1v) is 6.70. The number of hydrogen-bond acceptors (Lipinski definition) is 2. The third-order valence-corrected chi connectivity index (χ3v) is 2.83. The van der Waals surface area contributed by atoms with Gasteiger partial charge in [0, 0.05) is 26.3 Å². The summed E-state index contributed by atoms with van der Waals surface area (Å²) >= 11 is 0. The second-order valence-electron chi connectivity index (χ2n) is 5.50. The average molecular weight is 262 g/mol. The first-order chi connectivity index (χ1) is 8.90. The van der Waals surface area contributed by atoms with Crippen molar-refractivity contribution in [1.29, 1.82) is 0 Å². The van der Waals surface area contributed by atoms with Gasteiger partial charge in [0.05, 0.1) is 6.54 Å². The molecule has 1 aromatic rings.